The summed E-state index contributed by atoms with van der Waals surface area (Å²) in [5.74, 6) is 0.986. The molecule has 1 aromatic rings. The number of piperidine rings is 1. The number of carbonyl (C=O) groups excluding carboxylic acids is 1. The molecule has 3 rings (SSSR count). The molecule has 2 bridgehead atoms. The van der Waals surface area contributed by atoms with Crippen molar-refractivity contribution in [3.63, 3.8) is 0 Å². The van der Waals surface area contributed by atoms with Gasteiger partial charge in [0.2, 0.25) is 0 Å². The SMILES string of the molecule is CCC[C@H]1C[C@@H]2/C(=C/C(=O)OC)[C@@H](Cc3ccccc3)C[C@H]1N2C. The van der Waals surface area contributed by atoms with Crippen LogP contribution in [0.15, 0.2) is 42.0 Å². The molecule has 1 aromatic carbocycles. The summed E-state index contributed by atoms with van der Waals surface area (Å²) in [7, 11) is 3.70. The monoisotopic (exact) mass is 327 g/mol. The average molecular weight is 327 g/mol. The van der Waals surface area contributed by atoms with Crippen LogP contribution < -0.4 is 0 Å². The van der Waals surface area contributed by atoms with E-state index in [0.717, 1.165) is 18.8 Å². The van der Waals surface area contributed by atoms with E-state index in [4.69, 9.17) is 4.74 Å². The molecule has 0 aromatic heterocycles. The lowest BCUT2D eigenvalue weighted by Crippen LogP contribution is -2.43. The minimum Gasteiger partial charge on any atom is -0.466 e. The minimum atomic E-state index is -0.214. The van der Waals surface area contributed by atoms with Crippen molar-refractivity contribution in [3.8, 4) is 0 Å². The summed E-state index contributed by atoms with van der Waals surface area (Å²) in [5, 5.41) is 0. The van der Waals surface area contributed by atoms with Crippen LogP contribution in [0, 0.1) is 11.8 Å². The van der Waals surface area contributed by atoms with E-state index >= 15 is 0 Å². The maximum Gasteiger partial charge on any atom is 0.330 e. The molecule has 0 aliphatic carbocycles. The molecule has 2 saturated heterocycles. The van der Waals surface area contributed by atoms with Crippen LogP contribution in [0.5, 0.6) is 0 Å². The standard InChI is InChI=1S/C21H29NO2/c1-4-8-16-12-20-18(14-21(23)24-3)17(13-19(16)22(20)2)11-15-9-6-5-7-10-15/h5-7,9-10,14,16-17,19-20H,4,8,11-13H2,1-3H3/b18-14+/t16-,17-,19+,20+/m0/s1. The fraction of sp³-hybridized carbons (Fsp3) is 0.571. The van der Waals surface area contributed by atoms with Gasteiger partial charge in [-0.25, -0.2) is 4.79 Å². The molecule has 3 heteroatoms. The topological polar surface area (TPSA) is 29.5 Å². The summed E-state index contributed by atoms with van der Waals surface area (Å²) in [5.41, 5.74) is 2.64. The Balaban J connectivity index is 1.88. The summed E-state index contributed by atoms with van der Waals surface area (Å²) in [6.07, 6.45) is 7.65. The first kappa shape index (κ1) is 17.2. The fourth-order valence-corrected chi connectivity index (χ4v) is 4.79. The highest BCUT2D eigenvalue weighted by atomic mass is 16.5. The average Bonchev–Trinajstić information content (AvgIpc) is 2.80. The van der Waals surface area contributed by atoms with Gasteiger partial charge in [-0.15, -0.1) is 0 Å². The lowest BCUT2D eigenvalue weighted by atomic mass is 9.80. The summed E-state index contributed by atoms with van der Waals surface area (Å²) in [6.45, 7) is 2.27. The number of hydrogen-bond acceptors (Lipinski definition) is 3. The Morgan fingerprint density at radius 2 is 2.04 bits per heavy atom. The maximum atomic E-state index is 11.9. The van der Waals surface area contributed by atoms with Crippen molar-refractivity contribution in [1.82, 2.24) is 4.90 Å². The van der Waals surface area contributed by atoms with Crippen molar-refractivity contribution in [1.29, 1.82) is 0 Å². The van der Waals surface area contributed by atoms with E-state index in [1.54, 1.807) is 6.08 Å². The van der Waals surface area contributed by atoms with Crippen molar-refractivity contribution in [2.45, 2.75) is 51.1 Å². The largest absolute Gasteiger partial charge is 0.466 e. The number of fused-ring (bicyclic) bond motifs is 2. The Morgan fingerprint density at radius 3 is 2.71 bits per heavy atom. The first-order chi connectivity index (χ1) is 11.6. The Morgan fingerprint density at radius 1 is 1.29 bits per heavy atom. The number of carbonyl (C=O) groups is 1. The van der Waals surface area contributed by atoms with Gasteiger partial charge >= 0.3 is 5.97 Å². The van der Waals surface area contributed by atoms with Gasteiger partial charge in [0.1, 0.15) is 0 Å². The number of esters is 1. The van der Waals surface area contributed by atoms with E-state index in [9.17, 15) is 4.79 Å². The van der Waals surface area contributed by atoms with E-state index in [2.05, 4.69) is 49.2 Å². The van der Waals surface area contributed by atoms with Gasteiger partial charge in [-0.05, 0) is 55.7 Å². The lowest BCUT2D eigenvalue weighted by molar-refractivity contribution is -0.135. The summed E-state index contributed by atoms with van der Waals surface area (Å²) in [6, 6.07) is 11.7. The Hall–Kier alpha value is -1.61. The quantitative estimate of drug-likeness (QED) is 0.608. The van der Waals surface area contributed by atoms with Crippen molar-refractivity contribution in [3.05, 3.63) is 47.5 Å². The van der Waals surface area contributed by atoms with Crippen LogP contribution in [-0.2, 0) is 16.0 Å². The molecule has 4 atom stereocenters. The molecule has 2 fully saturated rings. The van der Waals surface area contributed by atoms with Gasteiger partial charge in [0.15, 0.2) is 0 Å². The highest BCUT2D eigenvalue weighted by Gasteiger charge is 2.47. The molecule has 0 unspecified atom stereocenters. The Labute approximate surface area is 145 Å². The molecular formula is C21H29NO2. The second kappa shape index (κ2) is 7.52. The number of ether oxygens (including phenoxy) is 1. The first-order valence-corrected chi connectivity index (χ1v) is 9.19. The van der Waals surface area contributed by atoms with E-state index in [-0.39, 0.29) is 5.97 Å². The lowest BCUT2D eigenvalue weighted by Gasteiger charge is -2.39. The maximum absolute atomic E-state index is 11.9. The molecule has 2 aliphatic heterocycles. The van der Waals surface area contributed by atoms with Crippen LogP contribution in [0.2, 0.25) is 0 Å². The molecule has 2 heterocycles. The summed E-state index contributed by atoms with van der Waals surface area (Å²) in [4.78, 5) is 14.5. The zero-order valence-corrected chi connectivity index (χ0v) is 15.1. The van der Waals surface area contributed by atoms with Crippen LogP contribution in [0.3, 0.4) is 0 Å². The van der Waals surface area contributed by atoms with Gasteiger partial charge in [0, 0.05) is 18.2 Å². The van der Waals surface area contributed by atoms with Gasteiger partial charge in [-0.3, -0.25) is 4.90 Å². The van der Waals surface area contributed by atoms with Crippen LogP contribution in [0.4, 0.5) is 0 Å². The second-order valence-corrected chi connectivity index (χ2v) is 7.32. The molecule has 0 amide bonds. The molecule has 3 nitrogen and oxygen atoms in total. The summed E-state index contributed by atoms with van der Waals surface area (Å²) < 4.78 is 4.93. The number of methoxy groups -OCH3 is 1. The highest BCUT2D eigenvalue weighted by molar-refractivity contribution is 5.83. The predicted molar refractivity (Wildman–Crippen MR) is 96.7 cm³/mol. The molecule has 130 valence electrons. The summed E-state index contributed by atoms with van der Waals surface area (Å²) >= 11 is 0. The molecule has 24 heavy (non-hydrogen) atoms. The zero-order valence-electron chi connectivity index (χ0n) is 15.1. The number of rotatable bonds is 5. The minimum absolute atomic E-state index is 0.214. The number of benzene rings is 1. The fourth-order valence-electron chi connectivity index (χ4n) is 4.79. The third-order valence-corrected chi connectivity index (χ3v) is 5.94. The first-order valence-electron chi connectivity index (χ1n) is 9.19. The molecule has 0 saturated carbocycles. The normalized spacial score (nSPS) is 31.4. The smallest absolute Gasteiger partial charge is 0.330 e. The number of hydrogen-bond donors (Lipinski definition) is 0. The predicted octanol–water partition coefficient (Wildman–Crippen LogP) is 3.84. The zero-order chi connectivity index (χ0) is 17.1. The number of nitrogens with zero attached hydrogens (tertiary/aromatic N) is 1. The van der Waals surface area contributed by atoms with Crippen molar-refractivity contribution < 1.29 is 9.53 Å². The Bertz CT molecular complexity index is 595. The van der Waals surface area contributed by atoms with Gasteiger partial charge in [0.05, 0.1) is 7.11 Å². The van der Waals surface area contributed by atoms with E-state index in [0.29, 0.717) is 18.0 Å². The Kier molecular flexibility index (Phi) is 5.40. The third-order valence-electron chi connectivity index (χ3n) is 5.94. The third kappa shape index (κ3) is 3.41. The van der Waals surface area contributed by atoms with Crippen molar-refractivity contribution in [2.75, 3.05) is 14.2 Å². The molecule has 0 radical (unpaired) electrons. The van der Waals surface area contributed by atoms with E-state index < -0.39 is 0 Å². The highest BCUT2D eigenvalue weighted by Crippen LogP contribution is 2.46. The van der Waals surface area contributed by atoms with Crippen molar-refractivity contribution >= 4 is 5.97 Å². The van der Waals surface area contributed by atoms with Crippen LogP contribution >= 0.6 is 0 Å². The van der Waals surface area contributed by atoms with E-state index in [1.165, 1.54) is 37.5 Å². The van der Waals surface area contributed by atoms with Gasteiger partial charge in [-0.1, -0.05) is 43.7 Å². The second-order valence-electron chi connectivity index (χ2n) is 7.32. The molecular weight excluding hydrogens is 298 g/mol. The van der Waals surface area contributed by atoms with Crippen LogP contribution in [0.25, 0.3) is 0 Å². The van der Waals surface area contributed by atoms with E-state index in [1.807, 2.05) is 0 Å². The van der Waals surface area contributed by atoms with Crippen LogP contribution in [0.1, 0.15) is 38.2 Å². The van der Waals surface area contributed by atoms with Gasteiger partial charge in [0.25, 0.3) is 0 Å². The molecule has 0 N–H and O–H groups in total. The van der Waals surface area contributed by atoms with Gasteiger partial charge < -0.3 is 4.74 Å². The number of likely N-dealkylation sites (N-methyl/N-ethyl adjacent to an activating group) is 1. The van der Waals surface area contributed by atoms with Crippen molar-refractivity contribution in [2.24, 2.45) is 11.8 Å². The van der Waals surface area contributed by atoms with Crippen LogP contribution in [-0.4, -0.2) is 37.1 Å². The molecule has 2 aliphatic rings. The molecule has 0 spiro atoms. The van der Waals surface area contributed by atoms with Gasteiger partial charge in [-0.2, -0.15) is 0 Å².